The van der Waals surface area contributed by atoms with Crippen LogP contribution in [0.5, 0.6) is 0 Å². The molecule has 0 radical (unpaired) electrons. The van der Waals surface area contributed by atoms with E-state index in [-0.39, 0.29) is 18.0 Å². The first-order valence-corrected chi connectivity index (χ1v) is 7.54. The topological polar surface area (TPSA) is 59.2 Å². The summed E-state index contributed by atoms with van der Waals surface area (Å²) in [5.41, 5.74) is 6.72. The van der Waals surface area contributed by atoms with Crippen molar-refractivity contribution in [2.75, 3.05) is 7.05 Å². The number of hydrogen-bond donors (Lipinski definition) is 1. The van der Waals surface area contributed by atoms with E-state index in [4.69, 9.17) is 5.73 Å². The molecule has 0 aliphatic carbocycles. The van der Waals surface area contributed by atoms with Crippen molar-refractivity contribution in [2.45, 2.75) is 59.0 Å². The van der Waals surface area contributed by atoms with Crippen LogP contribution in [0.3, 0.4) is 0 Å². The van der Waals surface area contributed by atoms with Gasteiger partial charge in [-0.1, -0.05) is 13.8 Å². The highest BCUT2D eigenvalue weighted by molar-refractivity contribution is 7.11. The molecule has 1 amide bonds. The Morgan fingerprint density at radius 1 is 1.37 bits per heavy atom. The van der Waals surface area contributed by atoms with Crippen LogP contribution in [0.25, 0.3) is 0 Å². The van der Waals surface area contributed by atoms with Crippen molar-refractivity contribution < 1.29 is 4.79 Å². The number of nitrogens with two attached hydrogens (primary N) is 1. The standard InChI is InChI=1S/C14H25N3OS/c1-8(2)14-16-10(4)13(19-14)11(5)17(6)12(18)7-9(3)15/h8-9,11H,7,15H2,1-6H3. The molecule has 0 aliphatic heterocycles. The summed E-state index contributed by atoms with van der Waals surface area (Å²) in [5, 5.41) is 1.13. The monoisotopic (exact) mass is 283 g/mol. The van der Waals surface area contributed by atoms with Gasteiger partial charge in [0.05, 0.1) is 16.7 Å². The Labute approximate surface area is 120 Å². The van der Waals surface area contributed by atoms with Gasteiger partial charge in [-0.25, -0.2) is 4.98 Å². The number of nitrogens with zero attached hydrogens (tertiary/aromatic N) is 2. The zero-order chi connectivity index (χ0) is 14.7. The molecule has 5 heteroatoms. The van der Waals surface area contributed by atoms with Crippen molar-refractivity contribution >= 4 is 17.2 Å². The zero-order valence-corrected chi connectivity index (χ0v) is 13.5. The highest BCUT2D eigenvalue weighted by Gasteiger charge is 2.23. The van der Waals surface area contributed by atoms with Crippen molar-refractivity contribution in [3.8, 4) is 0 Å². The molecule has 1 rings (SSSR count). The first-order chi connectivity index (χ1) is 8.73. The third kappa shape index (κ3) is 4.01. The molecular weight excluding hydrogens is 258 g/mol. The van der Waals surface area contributed by atoms with Gasteiger partial charge in [-0.3, -0.25) is 4.79 Å². The lowest BCUT2D eigenvalue weighted by molar-refractivity contribution is -0.132. The summed E-state index contributed by atoms with van der Waals surface area (Å²) < 4.78 is 0. The number of aryl methyl sites for hydroxylation is 1. The van der Waals surface area contributed by atoms with Gasteiger partial charge in [0, 0.05) is 30.3 Å². The van der Waals surface area contributed by atoms with E-state index in [2.05, 4.69) is 18.8 Å². The minimum absolute atomic E-state index is 0.0521. The predicted molar refractivity (Wildman–Crippen MR) is 80.4 cm³/mol. The fraction of sp³-hybridized carbons (Fsp3) is 0.714. The molecule has 0 saturated heterocycles. The summed E-state index contributed by atoms with van der Waals surface area (Å²) in [6.45, 7) is 10.2. The molecule has 0 saturated carbocycles. The Morgan fingerprint density at radius 2 is 1.95 bits per heavy atom. The van der Waals surface area contributed by atoms with Gasteiger partial charge in [0.1, 0.15) is 0 Å². The summed E-state index contributed by atoms with van der Waals surface area (Å²) in [5.74, 6) is 0.510. The van der Waals surface area contributed by atoms with Crippen LogP contribution >= 0.6 is 11.3 Å². The number of rotatable bonds is 5. The molecule has 19 heavy (non-hydrogen) atoms. The smallest absolute Gasteiger partial charge is 0.224 e. The van der Waals surface area contributed by atoms with Crippen LogP contribution in [0, 0.1) is 6.92 Å². The largest absolute Gasteiger partial charge is 0.338 e. The van der Waals surface area contributed by atoms with Gasteiger partial charge in [-0.15, -0.1) is 11.3 Å². The van der Waals surface area contributed by atoms with Crippen molar-refractivity contribution in [3.05, 3.63) is 15.6 Å². The van der Waals surface area contributed by atoms with Crippen LogP contribution in [-0.2, 0) is 4.79 Å². The molecule has 0 spiro atoms. The van der Waals surface area contributed by atoms with Crippen LogP contribution in [0.15, 0.2) is 0 Å². The second-order valence-corrected chi connectivity index (χ2v) is 6.58. The normalized spacial score (nSPS) is 14.5. The van der Waals surface area contributed by atoms with Gasteiger partial charge < -0.3 is 10.6 Å². The van der Waals surface area contributed by atoms with Crippen molar-refractivity contribution in [2.24, 2.45) is 5.73 Å². The molecule has 1 aromatic heterocycles. The van der Waals surface area contributed by atoms with E-state index in [0.717, 1.165) is 10.7 Å². The zero-order valence-electron chi connectivity index (χ0n) is 12.7. The number of amides is 1. The van der Waals surface area contributed by atoms with E-state index in [1.54, 1.807) is 16.2 Å². The molecule has 2 N–H and O–H groups in total. The second-order valence-electron chi connectivity index (χ2n) is 5.52. The van der Waals surface area contributed by atoms with Crippen LogP contribution < -0.4 is 5.73 Å². The number of carbonyl (C=O) groups is 1. The SMILES string of the molecule is Cc1nc(C(C)C)sc1C(C)N(C)C(=O)CC(C)N. The van der Waals surface area contributed by atoms with E-state index in [1.165, 1.54) is 4.88 Å². The highest BCUT2D eigenvalue weighted by Crippen LogP contribution is 2.31. The van der Waals surface area contributed by atoms with E-state index < -0.39 is 0 Å². The number of aromatic nitrogens is 1. The quantitative estimate of drug-likeness (QED) is 0.904. The highest BCUT2D eigenvalue weighted by atomic mass is 32.1. The third-order valence-electron chi connectivity index (χ3n) is 3.19. The first-order valence-electron chi connectivity index (χ1n) is 6.72. The fourth-order valence-electron chi connectivity index (χ4n) is 1.88. The molecule has 0 bridgehead atoms. The van der Waals surface area contributed by atoms with Crippen molar-refractivity contribution in [3.63, 3.8) is 0 Å². The molecule has 108 valence electrons. The maximum atomic E-state index is 12.1. The Balaban J connectivity index is 2.87. The van der Waals surface area contributed by atoms with Crippen molar-refractivity contribution in [1.29, 1.82) is 0 Å². The molecular formula is C14H25N3OS. The number of hydrogen-bond acceptors (Lipinski definition) is 4. The number of carbonyl (C=O) groups excluding carboxylic acids is 1. The van der Waals surface area contributed by atoms with Gasteiger partial charge in [-0.05, 0) is 20.8 Å². The summed E-state index contributed by atoms with van der Waals surface area (Å²) in [6, 6.07) is -0.0489. The van der Waals surface area contributed by atoms with Crippen LogP contribution in [0.2, 0.25) is 0 Å². The predicted octanol–water partition coefficient (Wildman–Crippen LogP) is 2.83. The van der Waals surface area contributed by atoms with E-state index in [9.17, 15) is 4.79 Å². The third-order valence-corrected chi connectivity index (χ3v) is 4.82. The van der Waals surface area contributed by atoms with Crippen LogP contribution in [-0.4, -0.2) is 28.9 Å². The average Bonchev–Trinajstić information content (AvgIpc) is 2.68. The Hall–Kier alpha value is -0.940. The van der Waals surface area contributed by atoms with Crippen molar-refractivity contribution in [1.82, 2.24) is 9.88 Å². The first kappa shape index (κ1) is 16.1. The average molecular weight is 283 g/mol. The second kappa shape index (κ2) is 6.48. The summed E-state index contributed by atoms with van der Waals surface area (Å²) in [4.78, 5) is 19.6. The Morgan fingerprint density at radius 3 is 2.37 bits per heavy atom. The molecule has 0 fully saturated rings. The summed E-state index contributed by atoms with van der Waals surface area (Å²) >= 11 is 1.70. The molecule has 1 heterocycles. The van der Waals surface area contributed by atoms with E-state index >= 15 is 0 Å². The maximum absolute atomic E-state index is 12.1. The van der Waals surface area contributed by atoms with Gasteiger partial charge in [0.2, 0.25) is 5.91 Å². The summed E-state index contributed by atoms with van der Waals surface area (Å²) in [7, 11) is 1.84. The Bertz CT molecular complexity index is 440. The molecule has 4 nitrogen and oxygen atoms in total. The van der Waals surface area contributed by atoms with Gasteiger partial charge >= 0.3 is 0 Å². The van der Waals surface area contributed by atoms with E-state index in [1.807, 2.05) is 27.8 Å². The lowest BCUT2D eigenvalue weighted by Crippen LogP contribution is -2.33. The molecule has 1 aromatic rings. The van der Waals surface area contributed by atoms with E-state index in [0.29, 0.717) is 12.3 Å². The molecule has 2 unspecified atom stereocenters. The maximum Gasteiger partial charge on any atom is 0.224 e. The van der Waals surface area contributed by atoms with Gasteiger partial charge in [0.15, 0.2) is 0 Å². The van der Waals surface area contributed by atoms with Crippen LogP contribution in [0.4, 0.5) is 0 Å². The van der Waals surface area contributed by atoms with Gasteiger partial charge in [0.25, 0.3) is 0 Å². The number of thiazole rings is 1. The lowest BCUT2D eigenvalue weighted by atomic mass is 10.1. The minimum Gasteiger partial charge on any atom is -0.338 e. The fourth-order valence-corrected chi connectivity index (χ4v) is 3.04. The summed E-state index contributed by atoms with van der Waals surface area (Å²) in [6.07, 6.45) is 0.385. The minimum atomic E-state index is -0.101. The molecule has 0 aliphatic rings. The lowest BCUT2D eigenvalue weighted by Gasteiger charge is -2.25. The Kier molecular flexibility index (Phi) is 5.50. The van der Waals surface area contributed by atoms with Crippen LogP contribution in [0.1, 0.15) is 61.7 Å². The molecule has 0 aromatic carbocycles. The van der Waals surface area contributed by atoms with Gasteiger partial charge in [-0.2, -0.15) is 0 Å². The molecule has 2 atom stereocenters.